The van der Waals surface area contributed by atoms with Gasteiger partial charge in [-0.3, -0.25) is 0 Å². The quantitative estimate of drug-likeness (QED) is 0.636. The van der Waals surface area contributed by atoms with Crippen molar-refractivity contribution in [3.8, 4) is 28.1 Å². The summed E-state index contributed by atoms with van der Waals surface area (Å²) in [6.07, 6.45) is 3.20. The van der Waals surface area contributed by atoms with Crippen LogP contribution in [0.4, 0.5) is 0 Å². The first kappa shape index (κ1) is 18.4. The molecule has 2 N–H and O–H groups in total. The van der Waals surface area contributed by atoms with E-state index in [9.17, 15) is 0 Å². The summed E-state index contributed by atoms with van der Waals surface area (Å²) in [6.45, 7) is 4.23. The number of hydrogen-bond acceptors (Lipinski definition) is 4. The molecule has 154 valence electrons. The number of halogens is 1. The maximum Gasteiger partial charge on any atom is 0.128 e. The van der Waals surface area contributed by atoms with E-state index in [1.807, 2.05) is 19.1 Å². The summed E-state index contributed by atoms with van der Waals surface area (Å²) < 4.78 is 11.9. The van der Waals surface area contributed by atoms with E-state index in [1.54, 1.807) is 0 Å². The highest BCUT2D eigenvalue weighted by molar-refractivity contribution is 6.30. The number of fused-ring (bicyclic) bond motifs is 6. The fourth-order valence-corrected chi connectivity index (χ4v) is 5.21. The minimum Gasteiger partial charge on any atom is -0.488 e. The molecule has 5 nitrogen and oxygen atoms in total. The Kier molecular flexibility index (Phi) is 4.37. The Morgan fingerprint density at radius 3 is 2.97 bits per heavy atom. The molecule has 3 aromatic rings. The monoisotopic (exact) mass is 421 g/mol. The highest BCUT2D eigenvalue weighted by Gasteiger charge is 2.31. The number of nitrogens with zero attached hydrogens (tertiary/aromatic N) is 1. The van der Waals surface area contributed by atoms with Crippen molar-refractivity contribution in [2.45, 2.75) is 44.9 Å². The van der Waals surface area contributed by atoms with E-state index in [-0.39, 0.29) is 12.1 Å². The lowest BCUT2D eigenvalue weighted by Gasteiger charge is -2.24. The SMILES string of the molecule is CCOC1CNC(c2nc3c([nH]2)CCc2cc4c(cc2-3)OCc2cc(Cl)ccc2-4)C1. The van der Waals surface area contributed by atoms with Crippen LogP contribution in [0.5, 0.6) is 5.75 Å². The topological polar surface area (TPSA) is 59.2 Å². The first-order chi connectivity index (χ1) is 14.7. The second kappa shape index (κ2) is 7.12. The van der Waals surface area contributed by atoms with Crippen molar-refractivity contribution >= 4 is 11.6 Å². The molecule has 3 heterocycles. The standard InChI is InChI=1S/C24H24ClN3O2/c1-2-29-16-9-21(26-11-16)24-27-20-6-3-13-8-19-17-5-4-15(25)7-14(17)12-30-22(19)10-18(13)23(20)28-24/h4-5,7-8,10,16,21,26H,2-3,6,9,11-12H2,1H3,(H,27,28). The first-order valence-electron chi connectivity index (χ1n) is 10.7. The number of H-pyrrole nitrogens is 1. The molecule has 6 rings (SSSR count). The number of aromatic amines is 1. The number of aryl methyl sites for hydroxylation is 2. The maximum absolute atomic E-state index is 6.18. The number of hydrogen-bond donors (Lipinski definition) is 2. The summed E-state index contributed by atoms with van der Waals surface area (Å²) >= 11 is 6.18. The van der Waals surface area contributed by atoms with Gasteiger partial charge in [-0.05, 0) is 67.1 Å². The van der Waals surface area contributed by atoms with Crippen LogP contribution < -0.4 is 10.1 Å². The van der Waals surface area contributed by atoms with Crippen LogP contribution in [0.2, 0.25) is 5.02 Å². The molecule has 3 aliphatic rings. The van der Waals surface area contributed by atoms with Gasteiger partial charge in [0.15, 0.2) is 0 Å². The molecular weight excluding hydrogens is 398 g/mol. The molecule has 30 heavy (non-hydrogen) atoms. The number of imidazole rings is 1. The van der Waals surface area contributed by atoms with Crippen LogP contribution in [-0.4, -0.2) is 29.2 Å². The number of ether oxygens (including phenoxy) is 2. The molecule has 1 saturated heterocycles. The van der Waals surface area contributed by atoms with E-state index >= 15 is 0 Å². The molecule has 0 bridgehead atoms. The summed E-state index contributed by atoms with van der Waals surface area (Å²) in [5.41, 5.74) is 8.33. The smallest absolute Gasteiger partial charge is 0.128 e. The van der Waals surface area contributed by atoms with E-state index in [0.29, 0.717) is 6.61 Å². The second-order valence-corrected chi connectivity index (χ2v) is 8.76. The zero-order valence-corrected chi connectivity index (χ0v) is 17.7. The van der Waals surface area contributed by atoms with Crippen molar-refractivity contribution in [3.63, 3.8) is 0 Å². The molecule has 6 heteroatoms. The van der Waals surface area contributed by atoms with Crippen molar-refractivity contribution in [2.24, 2.45) is 0 Å². The third-order valence-electron chi connectivity index (χ3n) is 6.47. The summed E-state index contributed by atoms with van der Waals surface area (Å²) in [4.78, 5) is 8.62. The number of nitrogens with one attached hydrogen (secondary N) is 2. The van der Waals surface area contributed by atoms with Crippen molar-refractivity contribution in [2.75, 3.05) is 13.2 Å². The molecule has 0 amide bonds. The number of aromatic nitrogens is 2. The molecule has 0 radical (unpaired) electrons. The normalized spacial score (nSPS) is 21.4. The minimum atomic E-state index is 0.223. The summed E-state index contributed by atoms with van der Waals surface area (Å²) in [5.74, 6) is 1.95. The third-order valence-corrected chi connectivity index (χ3v) is 6.70. The Hall–Kier alpha value is -2.34. The van der Waals surface area contributed by atoms with E-state index in [1.165, 1.54) is 22.4 Å². The molecule has 2 atom stereocenters. The molecule has 2 unspecified atom stereocenters. The van der Waals surface area contributed by atoms with Crippen molar-refractivity contribution < 1.29 is 9.47 Å². The molecule has 1 aliphatic carbocycles. The van der Waals surface area contributed by atoms with Gasteiger partial charge in [0, 0.05) is 35.0 Å². The predicted octanol–water partition coefficient (Wildman–Crippen LogP) is 4.83. The lowest BCUT2D eigenvalue weighted by atomic mass is 9.87. The Morgan fingerprint density at radius 2 is 2.07 bits per heavy atom. The van der Waals surface area contributed by atoms with Crippen LogP contribution in [0.25, 0.3) is 22.4 Å². The van der Waals surface area contributed by atoms with Gasteiger partial charge in [0.1, 0.15) is 18.2 Å². The van der Waals surface area contributed by atoms with Gasteiger partial charge in [-0.25, -0.2) is 4.98 Å². The van der Waals surface area contributed by atoms with Crippen LogP contribution in [-0.2, 0) is 24.2 Å². The van der Waals surface area contributed by atoms with Gasteiger partial charge >= 0.3 is 0 Å². The molecule has 0 saturated carbocycles. The van der Waals surface area contributed by atoms with Gasteiger partial charge < -0.3 is 19.8 Å². The third kappa shape index (κ3) is 2.96. The molecule has 0 spiro atoms. The first-order valence-corrected chi connectivity index (χ1v) is 11.1. The van der Waals surface area contributed by atoms with Crippen molar-refractivity contribution in [1.29, 1.82) is 0 Å². The Labute approximate surface area is 180 Å². The minimum absolute atomic E-state index is 0.223. The average molecular weight is 422 g/mol. The van der Waals surface area contributed by atoms with Gasteiger partial charge in [-0.15, -0.1) is 0 Å². The van der Waals surface area contributed by atoms with E-state index in [4.69, 9.17) is 26.1 Å². The van der Waals surface area contributed by atoms with Gasteiger partial charge in [0.25, 0.3) is 0 Å². The van der Waals surface area contributed by atoms with Crippen LogP contribution in [0.3, 0.4) is 0 Å². The van der Waals surface area contributed by atoms with Gasteiger partial charge in [0.05, 0.1) is 17.8 Å². The summed E-state index contributed by atoms with van der Waals surface area (Å²) in [6, 6.07) is 10.7. The number of benzene rings is 2. The van der Waals surface area contributed by atoms with Crippen LogP contribution in [0.1, 0.15) is 42.0 Å². The largest absolute Gasteiger partial charge is 0.488 e. The van der Waals surface area contributed by atoms with E-state index in [0.717, 1.165) is 65.8 Å². The van der Waals surface area contributed by atoms with Crippen molar-refractivity contribution in [3.05, 3.63) is 58.0 Å². The zero-order valence-electron chi connectivity index (χ0n) is 16.9. The van der Waals surface area contributed by atoms with Crippen molar-refractivity contribution in [1.82, 2.24) is 15.3 Å². The lowest BCUT2D eigenvalue weighted by Crippen LogP contribution is -2.17. The fraction of sp³-hybridized carbons (Fsp3) is 0.375. The number of rotatable bonds is 3. The van der Waals surface area contributed by atoms with Crippen LogP contribution in [0.15, 0.2) is 30.3 Å². The molecule has 1 aromatic heterocycles. The van der Waals surface area contributed by atoms with Gasteiger partial charge in [-0.2, -0.15) is 0 Å². The molecular formula is C24H24ClN3O2. The zero-order chi connectivity index (χ0) is 20.2. The van der Waals surface area contributed by atoms with E-state index in [2.05, 4.69) is 28.5 Å². The van der Waals surface area contributed by atoms with Gasteiger partial charge in [-0.1, -0.05) is 17.7 Å². The van der Waals surface area contributed by atoms with E-state index < -0.39 is 0 Å². The molecule has 2 aliphatic heterocycles. The average Bonchev–Trinajstić information content (AvgIpc) is 3.39. The van der Waals surface area contributed by atoms with Crippen LogP contribution >= 0.6 is 11.6 Å². The second-order valence-electron chi connectivity index (χ2n) is 8.32. The maximum atomic E-state index is 6.18. The summed E-state index contributed by atoms with van der Waals surface area (Å²) in [7, 11) is 0. The highest BCUT2D eigenvalue weighted by atomic mass is 35.5. The Balaban J connectivity index is 1.37. The highest BCUT2D eigenvalue weighted by Crippen LogP contribution is 2.44. The lowest BCUT2D eigenvalue weighted by molar-refractivity contribution is 0.0755. The van der Waals surface area contributed by atoms with Crippen LogP contribution in [0, 0.1) is 0 Å². The van der Waals surface area contributed by atoms with Gasteiger partial charge in [0.2, 0.25) is 0 Å². The fourth-order valence-electron chi connectivity index (χ4n) is 5.01. The Bertz CT molecular complexity index is 1140. The predicted molar refractivity (Wildman–Crippen MR) is 117 cm³/mol. The molecule has 2 aromatic carbocycles. The Morgan fingerprint density at radius 1 is 1.13 bits per heavy atom. The molecule has 1 fully saturated rings. The summed E-state index contributed by atoms with van der Waals surface area (Å²) in [5, 5.41) is 4.30.